The van der Waals surface area contributed by atoms with E-state index in [2.05, 4.69) is 23.6 Å². The molecule has 0 radical (unpaired) electrons. The van der Waals surface area contributed by atoms with E-state index in [9.17, 15) is 27.1 Å². The van der Waals surface area contributed by atoms with E-state index >= 15 is 0 Å². The van der Waals surface area contributed by atoms with E-state index in [0.29, 0.717) is 25.8 Å². The highest BCUT2D eigenvalue weighted by molar-refractivity contribution is 7.92. The number of carbonyl (C=O) groups is 1. The fraction of sp³-hybridized carbons (Fsp3) is 0.306. The fourth-order valence-corrected chi connectivity index (χ4v) is 7.63. The van der Waals surface area contributed by atoms with Crippen LogP contribution in [-0.4, -0.2) is 43.4 Å². The summed E-state index contributed by atoms with van der Waals surface area (Å²) in [6.45, 7) is 2.67. The molecule has 5 rings (SSSR count). The first-order chi connectivity index (χ1) is 21.6. The zero-order valence-electron chi connectivity index (χ0n) is 25.2. The van der Waals surface area contributed by atoms with Crippen molar-refractivity contribution in [1.82, 2.24) is 10.6 Å². The van der Waals surface area contributed by atoms with Crippen molar-refractivity contribution in [1.29, 1.82) is 0 Å². The Morgan fingerprint density at radius 2 is 1.58 bits per heavy atom. The van der Waals surface area contributed by atoms with Gasteiger partial charge in [-0.1, -0.05) is 55.5 Å². The fourth-order valence-electron chi connectivity index (χ4n) is 5.90. The Balaban J connectivity index is 1.27. The number of amides is 1. The number of halogens is 2. The number of aliphatic hydroxyl groups is 1. The maximum Gasteiger partial charge on any atom is 0.251 e. The summed E-state index contributed by atoms with van der Waals surface area (Å²) in [7, 11) is -3.62. The zero-order valence-corrected chi connectivity index (χ0v) is 26.0. The van der Waals surface area contributed by atoms with Crippen molar-refractivity contribution in [3.63, 3.8) is 0 Å². The highest BCUT2D eigenvalue weighted by Gasteiger charge is 2.31. The molecule has 0 aromatic heterocycles. The molecule has 1 aliphatic rings. The van der Waals surface area contributed by atoms with Gasteiger partial charge >= 0.3 is 0 Å². The third kappa shape index (κ3) is 8.22. The summed E-state index contributed by atoms with van der Waals surface area (Å²) < 4.78 is 54.8. The molecule has 4 aromatic rings. The number of benzene rings is 4. The minimum absolute atomic E-state index is 0.0236. The Labute approximate surface area is 263 Å². The van der Waals surface area contributed by atoms with Crippen molar-refractivity contribution in [2.24, 2.45) is 0 Å². The van der Waals surface area contributed by atoms with E-state index in [1.807, 2.05) is 42.5 Å². The van der Waals surface area contributed by atoms with E-state index < -0.39 is 44.8 Å². The van der Waals surface area contributed by atoms with E-state index in [0.717, 1.165) is 23.6 Å². The molecule has 0 aliphatic heterocycles. The largest absolute Gasteiger partial charge is 0.390 e. The molecule has 45 heavy (non-hydrogen) atoms. The Hall–Kier alpha value is -3.92. The topological polar surface area (TPSA) is 95.5 Å². The van der Waals surface area contributed by atoms with Gasteiger partial charge in [0.25, 0.3) is 5.91 Å². The molecule has 0 bridgehead atoms. The molecule has 1 unspecified atom stereocenters. The second-order valence-corrected chi connectivity index (χ2v) is 13.9. The van der Waals surface area contributed by atoms with Gasteiger partial charge in [0, 0.05) is 24.7 Å². The van der Waals surface area contributed by atoms with Gasteiger partial charge in [0.2, 0.25) is 0 Å². The number of aliphatic hydroxyl groups excluding tert-OH is 1. The molecule has 0 spiro atoms. The number of carbonyl (C=O) groups excluding carboxylic acids is 1. The molecule has 9 heteroatoms. The molecule has 0 saturated heterocycles. The van der Waals surface area contributed by atoms with Crippen molar-refractivity contribution < 1.29 is 27.1 Å². The first-order valence-electron chi connectivity index (χ1n) is 15.3. The maximum atomic E-state index is 13.9. The monoisotopic (exact) mass is 632 g/mol. The Morgan fingerprint density at radius 3 is 2.29 bits per heavy atom. The number of hydrogen-bond acceptors (Lipinski definition) is 5. The first kappa shape index (κ1) is 32.5. The lowest BCUT2D eigenvalue weighted by atomic mass is 9.92. The maximum absolute atomic E-state index is 13.9. The number of rotatable bonds is 12. The summed E-state index contributed by atoms with van der Waals surface area (Å²) in [6, 6.07) is 23.9. The summed E-state index contributed by atoms with van der Waals surface area (Å²) in [6.07, 6.45) is 1.45. The van der Waals surface area contributed by atoms with Gasteiger partial charge in [-0.2, -0.15) is 0 Å². The summed E-state index contributed by atoms with van der Waals surface area (Å²) in [4.78, 5) is 13.5. The second-order valence-electron chi connectivity index (χ2n) is 11.6. The van der Waals surface area contributed by atoms with E-state index in [1.54, 1.807) is 0 Å². The van der Waals surface area contributed by atoms with Crippen molar-refractivity contribution in [3.8, 4) is 0 Å². The van der Waals surface area contributed by atoms with Gasteiger partial charge < -0.3 is 15.7 Å². The van der Waals surface area contributed by atoms with Crippen LogP contribution in [0.15, 0.2) is 95.9 Å². The molecular formula is C36H38F2N2O4S. The van der Waals surface area contributed by atoms with Crippen molar-refractivity contribution in [2.45, 2.75) is 67.9 Å². The van der Waals surface area contributed by atoms with Crippen LogP contribution in [0.5, 0.6) is 0 Å². The van der Waals surface area contributed by atoms with Crippen LogP contribution in [0.4, 0.5) is 8.78 Å². The van der Waals surface area contributed by atoms with E-state index in [-0.39, 0.29) is 29.0 Å². The molecule has 6 nitrogen and oxygen atoms in total. The predicted molar refractivity (Wildman–Crippen MR) is 171 cm³/mol. The highest BCUT2D eigenvalue weighted by atomic mass is 32.2. The molecule has 4 aromatic carbocycles. The number of sulfone groups is 1. The first-order valence-corrected chi connectivity index (χ1v) is 16.8. The van der Waals surface area contributed by atoms with Crippen LogP contribution in [0.3, 0.4) is 0 Å². The van der Waals surface area contributed by atoms with Crippen molar-refractivity contribution >= 4 is 15.7 Å². The standard InChI is InChI=1S/C36H38F2N2O4S/c1-2-24-6-5-7-25(16-24)22-39-23-35(41)34(19-26-17-30(37)21-31(38)18-26)40-36(42)28-11-13-32(14-12-28)45(43,44)33-15-10-27-8-3-4-9-29(27)20-33/h3-9,11-14,16-18,21,33-35,39,41H,2,10,15,19-20,22-23H2,1H3,(H,40,42)/t33?,34-,35+/m0/s1. The molecular weight excluding hydrogens is 594 g/mol. The molecule has 236 valence electrons. The van der Waals surface area contributed by atoms with Crippen LogP contribution < -0.4 is 10.6 Å². The Bertz CT molecular complexity index is 1720. The lowest BCUT2D eigenvalue weighted by molar-refractivity contribution is 0.0829. The molecule has 0 fully saturated rings. The van der Waals surface area contributed by atoms with Crippen LogP contribution >= 0.6 is 0 Å². The van der Waals surface area contributed by atoms with Gasteiger partial charge in [-0.25, -0.2) is 17.2 Å². The van der Waals surface area contributed by atoms with E-state index in [4.69, 9.17) is 0 Å². The number of aryl methyl sites for hydroxylation is 2. The molecule has 1 aliphatic carbocycles. The smallest absolute Gasteiger partial charge is 0.251 e. The minimum Gasteiger partial charge on any atom is -0.390 e. The van der Waals surface area contributed by atoms with Crippen molar-refractivity contribution in [3.05, 3.63) is 136 Å². The number of nitrogens with one attached hydrogen (secondary N) is 2. The van der Waals surface area contributed by atoms with E-state index in [1.165, 1.54) is 47.5 Å². The average molecular weight is 633 g/mol. The second kappa shape index (κ2) is 14.5. The average Bonchev–Trinajstić information content (AvgIpc) is 3.03. The van der Waals surface area contributed by atoms with Gasteiger partial charge in [-0.3, -0.25) is 4.79 Å². The summed E-state index contributed by atoms with van der Waals surface area (Å²) in [5.74, 6) is -2.05. The van der Waals surface area contributed by atoms with Crippen LogP contribution in [0, 0.1) is 11.6 Å². The number of fused-ring (bicyclic) bond motifs is 1. The third-order valence-electron chi connectivity index (χ3n) is 8.43. The SMILES string of the molecule is CCc1cccc(CNC[C@@H](O)[C@H](Cc2cc(F)cc(F)c2)NC(=O)c2ccc(S(=O)(=O)C3CCc4ccccc4C3)cc2)c1. The highest BCUT2D eigenvalue weighted by Crippen LogP contribution is 2.29. The van der Waals surface area contributed by atoms with Gasteiger partial charge in [0.1, 0.15) is 11.6 Å². The zero-order chi connectivity index (χ0) is 32.0. The van der Waals surface area contributed by atoms with Gasteiger partial charge in [-0.05, 0) is 96.3 Å². The predicted octanol–water partition coefficient (Wildman–Crippen LogP) is 5.35. The molecule has 3 atom stereocenters. The molecule has 1 amide bonds. The number of hydrogen-bond donors (Lipinski definition) is 3. The lowest BCUT2D eigenvalue weighted by Gasteiger charge is -2.25. The molecule has 0 saturated carbocycles. The van der Waals surface area contributed by atoms with Gasteiger partial charge in [0.15, 0.2) is 9.84 Å². The normalized spacial score (nSPS) is 16.0. The molecule has 3 N–H and O–H groups in total. The molecule has 0 heterocycles. The minimum atomic E-state index is -3.62. The van der Waals surface area contributed by atoms with Crippen LogP contribution in [0.25, 0.3) is 0 Å². The van der Waals surface area contributed by atoms with Gasteiger partial charge in [-0.15, -0.1) is 0 Å². The summed E-state index contributed by atoms with van der Waals surface area (Å²) in [5, 5.41) is 16.6. The Morgan fingerprint density at radius 1 is 0.889 bits per heavy atom. The summed E-state index contributed by atoms with van der Waals surface area (Å²) >= 11 is 0. The van der Waals surface area contributed by atoms with Gasteiger partial charge in [0.05, 0.1) is 22.3 Å². The van der Waals surface area contributed by atoms with Crippen LogP contribution in [0.2, 0.25) is 0 Å². The van der Waals surface area contributed by atoms with Crippen LogP contribution in [-0.2, 0) is 42.1 Å². The van der Waals surface area contributed by atoms with Crippen LogP contribution in [0.1, 0.15) is 51.5 Å². The van der Waals surface area contributed by atoms with Crippen molar-refractivity contribution in [2.75, 3.05) is 6.54 Å². The Kier molecular flexibility index (Phi) is 10.4. The quantitative estimate of drug-likeness (QED) is 0.196. The lowest BCUT2D eigenvalue weighted by Crippen LogP contribution is -2.48. The third-order valence-corrected chi connectivity index (χ3v) is 10.6. The summed E-state index contributed by atoms with van der Waals surface area (Å²) in [5.41, 5.74) is 4.94.